The van der Waals surface area contributed by atoms with E-state index in [1.165, 1.54) is 31.2 Å². The van der Waals surface area contributed by atoms with Gasteiger partial charge in [-0.05, 0) is 36.8 Å². The van der Waals surface area contributed by atoms with E-state index in [-0.39, 0.29) is 5.75 Å². The summed E-state index contributed by atoms with van der Waals surface area (Å²) in [4.78, 5) is 38.1. The molecule has 2 N–H and O–H groups in total. The van der Waals surface area contributed by atoms with Crippen LogP contribution in [0, 0.1) is 0 Å². The van der Waals surface area contributed by atoms with Crippen LogP contribution in [0.25, 0.3) is 0 Å². The third-order valence-electron chi connectivity index (χ3n) is 4.29. The third kappa shape index (κ3) is 3.93. The van der Waals surface area contributed by atoms with Crippen molar-refractivity contribution >= 4 is 23.5 Å². The molecular weight excluding hydrogens is 372 g/mol. The number of urea groups is 1. The van der Waals surface area contributed by atoms with Crippen LogP contribution in [0.5, 0.6) is 5.75 Å². The number of nitrogens with one attached hydrogen (secondary N) is 2. The molecule has 1 fully saturated rings. The minimum absolute atomic E-state index is 0.0711. The van der Waals surface area contributed by atoms with Crippen LogP contribution in [0.15, 0.2) is 54.6 Å². The molecule has 0 unspecified atom stereocenters. The van der Waals surface area contributed by atoms with E-state index in [1.54, 1.807) is 30.3 Å². The lowest BCUT2D eigenvalue weighted by Crippen LogP contribution is -2.42. The number of para-hydroxylation sites is 1. The first-order valence-corrected chi connectivity index (χ1v) is 8.34. The van der Waals surface area contributed by atoms with Gasteiger partial charge >= 0.3 is 12.6 Å². The smallest absolute Gasteiger partial charge is 0.387 e. The van der Waals surface area contributed by atoms with Gasteiger partial charge in [-0.2, -0.15) is 8.78 Å². The van der Waals surface area contributed by atoms with Crippen molar-refractivity contribution in [3.05, 3.63) is 60.2 Å². The first-order chi connectivity index (χ1) is 13.3. The zero-order valence-corrected chi connectivity index (χ0v) is 14.8. The monoisotopic (exact) mass is 389 g/mol. The molecule has 28 heavy (non-hydrogen) atoms. The van der Waals surface area contributed by atoms with Crippen molar-refractivity contribution in [2.45, 2.75) is 19.1 Å². The van der Waals surface area contributed by atoms with Crippen molar-refractivity contribution in [3.8, 4) is 5.75 Å². The van der Waals surface area contributed by atoms with E-state index in [9.17, 15) is 23.2 Å². The van der Waals surface area contributed by atoms with Gasteiger partial charge in [0.2, 0.25) is 5.91 Å². The Labute approximate surface area is 159 Å². The summed E-state index contributed by atoms with van der Waals surface area (Å²) < 4.78 is 28.8. The summed E-state index contributed by atoms with van der Waals surface area (Å²) in [5.74, 6) is -1.22. The molecule has 2 aromatic rings. The predicted octanol–water partition coefficient (Wildman–Crippen LogP) is 2.69. The van der Waals surface area contributed by atoms with Crippen molar-refractivity contribution < 1.29 is 27.9 Å². The Morgan fingerprint density at radius 2 is 1.79 bits per heavy atom. The summed E-state index contributed by atoms with van der Waals surface area (Å²) in [6.07, 6.45) is 0. The molecule has 1 saturated heterocycles. The fraction of sp³-hybridized carbons (Fsp3) is 0.211. The number of nitrogens with zero attached hydrogens (tertiary/aromatic N) is 1. The highest BCUT2D eigenvalue weighted by molar-refractivity contribution is 6.10. The maximum absolute atomic E-state index is 12.8. The Morgan fingerprint density at radius 3 is 2.39 bits per heavy atom. The lowest BCUT2D eigenvalue weighted by atomic mass is 9.92. The maximum Gasteiger partial charge on any atom is 0.387 e. The molecule has 1 aliphatic heterocycles. The quantitative estimate of drug-likeness (QED) is 0.744. The summed E-state index contributed by atoms with van der Waals surface area (Å²) in [5, 5.41) is 5.15. The number of anilines is 1. The van der Waals surface area contributed by atoms with Gasteiger partial charge in [-0.1, -0.05) is 30.3 Å². The van der Waals surface area contributed by atoms with Gasteiger partial charge in [0.15, 0.2) is 0 Å². The summed E-state index contributed by atoms with van der Waals surface area (Å²) in [7, 11) is 0. The number of benzene rings is 2. The first-order valence-electron chi connectivity index (χ1n) is 8.34. The Balaban J connectivity index is 1.72. The number of amides is 4. The van der Waals surface area contributed by atoms with Crippen molar-refractivity contribution in [3.63, 3.8) is 0 Å². The summed E-state index contributed by atoms with van der Waals surface area (Å²) in [6, 6.07) is 13.3. The number of hydrogen-bond acceptors (Lipinski definition) is 4. The molecule has 0 radical (unpaired) electrons. The van der Waals surface area contributed by atoms with Crippen LogP contribution in [-0.2, 0) is 15.1 Å². The van der Waals surface area contributed by atoms with E-state index in [0.29, 0.717) is 11.3 Å². The van der Waals surface area contributed by atoms with E-state index in [0.717, 1.165) is 4.90 Å². The van der Waals surface area contributed by atoms with E-state index >= 15 is 0 Å². The second-order valence-electron chi connectivity index (χ2n) is 6.26. The molecule has 9 heteroatoms. The second kappa shape index (κ2) is 7.63. The molecule has 0 aliphatic carbocycles. The van der Waals surface area contributed by atoms with Gasteiger partial charge in [-0.15, -0.1) is 0 Å². The molecule has 3 rings (SSSR count). The number of rotatable bonds is 6. The fourth-order valence-electron chi connectivity index (χ4n) is 2.87. The Kier molecular flexibility index (Phi) is 5.25. The maximum atomic E-state index is 12.8. The van der Waals surface area contributed by atoms with Crippen LogP contribution in [0.4, 0.5) is 19.3 Å². The number of halogens is 2. The average Bonchev–Trinajstić information content (AvgIpc) is 2.86. The van der Waals surface area contributed by atoms with Crippen LogP contribution >= 0.6 is 0 Å². The summed E-state index contributed by atoms with van der Waals surface area (Å²) in [6.45, 7) is -1.94. The Hall–Kier alpha value is -3.49. The molecule has 0 spiro atoms. The van der Waals surface area contributed by atoms with E-state index < -0.39 is 36.5 Å². The van der Waals surface area contributed by atoms with Crippen molar-refractivity contribution in [2.75, 3.05) is 11.9 Å². The molecule has 146 valence electrons. The van der Waals surface area contributed by atoms with Gasteiger partial charge < -0.3 is 15.4 Å². The minimum atomic E-state index is -2.96. The van der Waals surface area contributed by atoms with Crippen molar-refractivity contribution in [1.82, 2.24) is 10.2 Å². The minimum Gasteiger partial charge on any atom is -0.435 e. The van der Waals surface area contributed by atoms with Crippen LogP contribution in [0.2, 0.25) is 0 Å². The molecule has 0 bridgehead atoms. The van der Waals surface area contributed by atoms with E-state index in [2.05, 4.69) is 15.4 Å². The first kappa shape index (κ1) is 19.3. The Morgan fingerprint density at radius 1 is 1.14 bits per heavy atom. The molecule has 1 atom stereocenters. The predicted molar refractivity (Wildman–Crippen MR) is 95.7 cm³/mol. The molecule has 0 aromatic heterocycles. The van der Waals surface area contributed by atoms with Gasteiger partial charge in [0.25, 0.3) is 5.91 Å². The van der Waals surface area contributed by atoms with Crippen LogP contribution in [0.3, 0.4) is 0 Å². The number of carbonyl (C=O) groups is 3. The van der Waals surface area contributed by atoms with Gasteiger partial charge in [-0.25, -0.2) is 4.79 Å². The molecule has 2 aromatic carbocycles. The number of hydrogen-bond donors (Lipinski definition) is 2. The number of carbonyl (C=O) groups excluding carboxylic acids is 3. The van der Waals surface area contributed by atoms with E-state index in [1.807, 2.05) is 0 Å². The zero-order chi connectivity index (χ0) is 20.3. The molecule has 0 saturated carbocycles. The topological polar surface area (TPSA) is 87.7 Å². The second-order valence-corrected chi connectivity index (χ2v) is 6.26. The van der Waals surface area contributed by atoms with Crippen LogP contribution < -0.4 is 15.4 Å². The normalized spacial score (nSPS) is 18.9. The highest BCUT2D eigenvalue weighted by atomic mass is 19.3. The molecule has 1 aliphatic rings. The van der Waals surface area contributed by atoms with E-state index in [4.69, 9.17) is 0 Å². The zero-order valence-electron chi connectivity index (χ0n) is 14.8. The molecule has 1 heterocycles. The highest BCUT2D eigenvalue weighted by Crippen LogP contribution is 2.30. The van der Waals surface area contributed by atoms with Gasteiger partial charge in [-0.3, -0.25) is 14.5 Å². The SMILES string of the molecule is C[C@@]1(c2ccc(OC(F)F)cc2)NC(=O)N(CC(=O)Nc2ccccc2)C1=O. The van der Waals surface area contributed by atoms with Gasteiger partial charge in [0.1, 0.15) is 17.8 Å². The third-order valence-corrected chi connectivity index (χ3v) is 4.29. The lowest BCUT2D eigenvalue weighted by molar-refractivity contribution is -0.133. The Bertz CT molecular complexity index is 890. The highest BCUT2D eigenvalue weighted by Gasteiger charge is 2.49. The van der Waals surface area contributed by atoms with Gasteiger partial charge in [0, 0.05) is 5.69 Å². The number of imide groups is 1. The standard InChI is InChI=1S/C19H17F2N3O4/c1-19(12-7-9-14(10-8-12)28-17(20)21)16(26)24(18(27)23-19)11-15(25)22-13-5-3-2-4-6-13/h2-10,17H,11H2,1H3,(H,22,25)(H,23,27)/t19-/m0/s1. The number of alkyl halides is 2. The number of ether oxygens (including phenoxy) is 1. The lowest BCUT2D eigenvalue weighted by Gasteiger charge is -2.22. The van der Waals surface area contributed by atoms with Crippen molar-refractivity contribution in [2.24, 2.45) is 0 Å². The summed E-state index contributed by atoms with van der Waals surface area (Å²) >= 11 is 0. The summed E-state index contributed by atoms with van der Waals surface area (Å²) in [5.41, 5.74) is -0.511. The molecular formula is C19H17F2N3O4. The van der Waals surface area contributed by atoms with Gasteiger partial charge in [0.05, 0.1) is 0 Å². The molecule has 7 nitrogen and oxygen atoms in total. The van der Waals surface area contributed by atoms with Crippen LogP contribution in [-0.4, -0.2) is 35.9 Å². The van der Waals surface area contributed by atoms with Crippen LogP contribution in [0.1, 0.15) is 12.5 Å². The average molecular weight is 389 g/mol. The molecule has 4 amide bonds. The van der Waals surface area contributed by atoms with Crippen molar-refractivity contribution in [1.29, 1.82) is 0 Å². The fourth-order valence-corrected chi connectivity index (χ4v) is 2.87. The largest absolute Gasteiger partial charge is 0.435 e.